The average Bonchev–Trinajstić information content (AvgIpc) is 2.37. The Labute approximate surface area is 117 Å². The summed E-state index contributed by atoms with van der Waals surface area (Å²) in [4.78, 5) is 0. The molecule has 2 heterocycles. The zero-order chi connectivity index (χ0) is 14.0. The number of nitrogens with zero attached hydrogens (tertiary/aromatic N) is 2. The summed E-state index contributed by atoms with van der Waals surface area (Å²) in [5.74, 6) is 0.888. The maximum Gasteiger partial charge on any atom is 0.282 e. The molecule has 3 atom stereocenters. The average molecular weight is 289 g/mol. The van der Waals surface area contributed by atoms with Crippen LogP contribution in [0.15, 0.2) is 0 Å². The van der Waals surface area contributed by atoms with Crippen molar-refractivity contribution in [1.82, 2.24) is 8.61 Å². The van der Waals surface area contributed by atoms with E-state index < -0.39 is 10.2 Å². The predicted octanol–water partition coefficient (Wildman–Crippen LogP) is 1.02. The lowest BCUT2D eigenvalue weighted by Crippen LogP contribution is -2.55. The van der Waals surface area contributed by atoms with Crippen molar-refractivity contribution in [1.29, 1.82) is 0 Å². The minimum Gasteiger partial charge on any atom is -0.329 e. The molecule has 2 aliphatic heterocycles. The molecular weight excluding hydrogens is 262 g/mol. The van der Waals surface area contributed by atoms with Gasteiger partial charge in [0.25, 0.3) is 10.2 Å². The standard InChI is InChI=1S/C13H27N3O2S/c1-11-7-12(2)10-15(9-11)19(17,18)16-6-4-3-5-13(16)8-14/h11-13H,3-10,14H2,1-2H3. The van der Waals surface area contributed by atoms with Gasteiger partial charge in [0.2, 0.25) is 0 Å². The monoisotopic (exact) mass is 289 g/mol. The Kier molecular flexibility index (Phi) is 4.87. The van der Waals surface area contributed by atoms with E-state index in [9.17, 15) is 8.42 Å². The van der Waals surface area contributed by atoms with Crippen LogP contribution in [0.2, 0.25) is 0 Å². The van der Waals surface area contributed by atoms with Gasteiger partial charge in [0, 0.05) is 32.2 Å². The Balaban J connectivity index is 2.16. The van der Waals surface area contributed by atoms with E-state index in [1.165, 1.54) is 0 Å². The Morgan fingerprint density at radius 2 is 1.79 bits per heavy atom. The third-order valence-electron chi connectivity index (χ3n) is 4.30. The van der Waals surface area contributed by atoms with Crippen LogP contribution in [0, 0.1) is 11.8 Å². The Morgan fingerprint density at radius 3 is 2.37 bits per heavy atom. The molecule has 5 nitrogen and oxygen atoms in total. The van der Waals surface area contributed by atoms with Gasteiger partial charge in [0.05, 0.1) is 0 Å². The molecule has 2 aliphatic rings. The van der Waals surface area contributed by atoms with Crippen molar-refractivity contribution in [3.8, 4) is 0 Å². The molecule has 0 radical (unpaired) electrons. The highest BCUT2D eigenvalue weighted by atomic mass is 32.2. The van der Waals surface area contributed by atoms with E-state index in [-0.39, 0.29) is 6.04 Å². The molecule has 2 fully saturated rings. The van der Waals surface area contributed by atoms with E-state index in [4.69, 9.17) is 5.73 Å². The van der Waals surface area contributed by atoms with Gasteiger partial charge >= 0.3 is 0 Å². The molecule has 0 aliphatic carbocycles. The van der Waals surface area contributed by atoms with Crippen molar-refractivity contribution in [2.45, 2.75) is 45.6 Å². The van der Waals surface area contributed by atoms with E-state index in [1.54, 1.807) is 8.61 Å². The van der Waals surface area contributed by atoms with E-state index in [0.717, 1.165) is 25.7 Å². The summed E-state index contributed by atoms with van der Waals surface area (Å²) in [6.45, 7) is 6.63. The van der Waals surface area contributed by atoms with Crippen molar-refractivity contribution in [3.63, 3.8) is 0 Å². The van der Waals surface area contributed by atoms with Crippen molar-refractivity contribution in [2.75, 3.05) is 26.2 Å². The summed E-state index contributed by atoms with van der Waals surface area (Å²) < 4.78 is 28.9. The minimum atomic E-state index is -3.33. The van der Waals surface area contributed by atoms with Crippen LogP contribution in [-0.4, -0.2) is 49.2 Å². The molecule has 0 spiro atoms. The van der Waals surface area contributed by atoms with Crippen LogP contribution in [0.25, 0.3) is 0 Å². The highest BCUT2D eigenvalue weighted by Gasteiger charge is 2.38. The normalized spacial score (nSPS) is 35.4. The maximum atomic E-state index is 12.8. The van der Waals surface area contributed by atoms with Gasteiger partial charge in [0.15, 0.2) is 0 Å². The molecule has 0 aromatic rings. The van der Waals surface area contributed by atoms with Gasteiger partial charge in [-0.3, -0.25) is 0 Å². The summed E-state index contributed by atoms with van der Waals surface area (Å²) >= 11 is 0. The van der Waals surface area contributed by atoms with Crippen molar-refractivity contribution < 1.29 is 8.42 Å². The number of piperidine rings is 2. The van der Waals surface area contributed by atoms with Crippen LogP contribution in [0.4, 0.5) is 0 Å². The molecule has 2 rings (SSSR count). The molecule has 0 aromatic heterocycles. The SMILES string of the molecule is CC1CC(C)CN(S(=O)(=O)N2CCCCC2CN)C1. The second-order valence-corrected chi connectivity index (χ2v) is 8.15. The first-order valence-corrected chi connectivity index (χ1v) is 8.81. The van der Waals surface area contributed by atoms with Crippen LogP contribution < -0.4 is 5.73 Å². The van der Waals surface area contributed by atoms with Gasteiger partial charge in [-0.2, -0.15) is 17.0 Å². The summed E-state index contributed by atoms with van der Waals surface area (Å²) in [5, 5.41) is 0. The summed E-state index contributed by atoms with van der Waals surface area (Å²) in [5.41, 5.74) is 5.75. The van der Waals surface area contributed by atoms with Crippen molar-refractivity contribution in [2.24, 2.45) is 17.6 Å². The molecule has 19 heavy (non-hydrogen) atoms. The fourth-order valence-electron chi connectivity index (χ4n) is 3.46. The zero-order valence-electron chi connectivity index (χ0n) is 12.1. The maximum absolute atomic E-state index is 12.8. The highest BCUT2D eigenvalue weighted by molar-refractivity contribution is 7.86. The van der Waals surface area contributed by atoms with E-state index in [2.05, 4.69) is 13.8 Å². The Morgan fingerprint density at radius 1 is 1.16 bits per heavy atom. The summed E-state index contributed by atoms with van der Waals surface area (Å²) in [6, 6.07) is -0.00807. The first kappa shape index (κ1) is 15.2. The molecule has 6 heteroatoms. The number of rotatable bonds is 3. The van der Waals surface area contributed by atoms with Gasteiger partial charge in [-0.15, -0.1) is 0 Å². The van der Waals surface area contributed by atoms with E-state index in [1.807, 2.05) is 0 Å². The molecule has 2 saturated heterocycles. The molecule has 112 valence electrons. The second-order valence-electron chi connectivity index (χ2n) is 6.27. The van der Waals surface area contributed by atoms with E-state index >= 15 is 0 Å². The minimum absolute atomic E-state index is 0.00807. The zero-order valence-corrected chi connectivity index (χ0v) is 12.9. The second kappa shape index (κ2) is 6.08. The lowest BCUT2D eigenvalue weighted by molar-refractivity contribution is 0.187. The number of hydrogen-bond donors (Lipinski definition) is 1. The van der Waals surface area contributed by atoms with Crippen LogP contribution in [0.1, 0.15) is 39.5 Å². The Hall–Kier alpha value is -0.170. The first-order valence-electron chi connectivity index (χ1n) is 7.42. The molecule has 0 aromatic carbocycles. The molecule has 0 saturated carbocycles. The lowest BCUT2D eigenvalue weighted by Gasteiger charge is -2.41. The smallest absolute Gasteiger partial charge is 0.282 e. The quantitative estimate of drug-likeness (QED) is 0.843. The first-order chi connectivity index (χ1) is 8.95. The molecular formula is C13H27N3O2S. The van der Waals surface area contributed by atoms with Gasteiger partial charge in [-0.25, -0.2) is 0 Å². The largest absolute Gasteiger partial charge is 0.329 e. The lowest BCUT2D eigenvalue weighted by atomic mass is 9.94. The Bertz CT molecular complexity index is 389. The van der Waals surface area contributed by atoms with Gasteiger partial charge in [-0.1, -0.05) is 20.3 Å². The van der Waals surface area contributed by atoms with Gasteiger partial charge in [-0.05, 0) is 31.1 Å². The van der Waals surface area contributed by atoms with Crippen LogP contribution in [0.3, 0.4) is 0 Å². The topological polar surface area (TPSA) is 66.6 Å². The van der Waals surface area contributed by atoms with Crippen LogP contribution in [0.5, 0.6) is 0 Å². The number of hydrogen-bond acceptors (Lipinski definition) is 3. The molecule has 2 N–H and O–H groups in total. The molecule has 3 unspecified atom stereocenters. The highest BCUT2D eigenvalue weighted by Crippen LogP contribution is 2.28. The summed E-state index contributed by atoms with van der Waals surface area (Å²) in [7, 11) is -3.33. The predicted molar refractivity (Wildman–Crippen MR) is 76.8 cm³/mol. The number of nitrogens with two attached hydrogens (primary N) is 1. The van der Waals surface area contributed by atoms with Gasteiger partial charge < -0.3 is 5.73 Å². The van der Waals surface area contributed by atoms with Crippen LogP contribution >= 0.6 is 0 Å². The molecule has 0 bridgehead atoms. The summed E-state index contributed by atoms with van der Waals surface area (Å²) in [6.07, 6.45) is 4.05. The van der Waals surface area contributed by atoms with Crippen molar-refractivity contribution >= 4 is 10.2 Å². The van der Waals surface area contributed by atoms with Gasteiger partial charge in [0.1, 0.15) is 0 Å². The fourth-order valence-corrected chi connectivity index (χ4v) is 5.57. The van der Waals surface area contributed by atoms with Crippen molar-refractivity contribution in [3.05, 3.63) is 0 Å². The van der Waals surface area contributed by atoms with Crippen LogP contribution in [-0.2, 0) is 10.2 Å². The van der Waals surface area contributed by atoms with E-state index in [0.29, 0.717) is 38.0 Å². The third-order valence-corrected chi connectivity index (χ3v) is 6.33. The molecule has 0 amide bonds. The third kappa shape index (κ3) is 3.29. The fraction of sp³-hybridized carbons (Fsp3) is 1.00.